The Hall–Kier alpha value is -1.20. The second-order valence-corrected chi connectivity index (χ2v) is 6.32. The molecular weight excluding hydrogens is 308 g/mol. The molecule has 0 amide bonds. The van der Waals surface area contributed by atoms with E-state index >= 15 is 0 Å². The molecular formula is C19H33F2N3. The predicted octanol–water partition coefficient (Wildman–Crippen LogP) is 4.50. The average molecular weight is 341 g/mol. The number of hydrogen-bond donors (Lipinski definition) is 1. The van der Waals surface area contributed by atoms with Gasteiger partial charge in [-0.1, -0.05) is 40.2 Å². The van der Waals surface area contributed by atoms with Crippen LogP contribution in [0.15, 0.2) is 18.2 Å². The minimum Gasteiger partial charge on any atom is -0.399 e. The minimum absolute atomic E-state index is 0.116. The Morgan fingerprint density at radius 2 is 1.67 bits per heavy atom. The molecule has 1 aliphatic carbocycles. The van der Waals surface area contributed by atoms with Gasteiger partial charge in [-0.05, 0) is 24.7 Å². The molecule has 1 saturated heterocycles. The van der Waals surface area contributed by atoms with E-state index in [-0.39, 0.29) is 18.0 Å². The molecule has 1 aromatic rings. The maximum atomic E-state index is 14.1. The van der Waals surface area contributed by atoms with Crippen molar-refractivity contribution in [2.75, 3.05) is 39.0 Å². The molecule has 0 spiro atoms. The fourth-order valence-corrected chi connectivity index (χ4v) is 3.10. The molecule has 1 aliphatic heterocycles. The summed E-state index contributed by atoms with van der Waals surface area (Å²) < 4.78 is 28.2. The van der Waals surface area contributed by atoms with Crippen LogP contribution in [0.1, 0.15) is 57.7 Å². The molecule has 3 rings (SSSR count). The molecule has 24 heavy (non-hydrogen) atoms. The number of anilines is 1. The Morgan fingerprint density at radius 1 is 1.12 bits per heavy atom. The molecule has 1 heterocycles. The molecule has 3 nitrogen and oxygen atoms in total. The van der Waals surface area contributed by atoms with Gasteiger partial charge >= 0.3 is 0 Å². The van der Waals surface area contributed by atoms with E-state index in [0.717, 1.165) is 31.7 Å². The van der Waals surface area contributed by atoms with Crippen molar-refractivity contribution in [3.63, 3.8) is 0 Å². The van der Waals surface area contributed by atoms with E-state index in [1.54, 1.807) is 12.1 Å². The third-order valence-corrected chi connectivity index (χ3v) is 4.26. The van der Waals surface area contributed by atoms with Crippen LogP contribution in [0.5, 0.6) is 0 Å². The van der Waals surface area contributed by atoms with Gasteiger partial charge in [0.1, 0.15) is 0 Å². The highest BCUT2D eigenvalue weighted by Crippen LogP contribution is 2.50. The van der Waals surface area contributed by atoms with E-state index in [9.17, 15) is 8.78 Å². The van der Waals surface area contributed by atoms with E-state index in [0.29, 0.717) is 5.69 Å². The van der Waals surface area contributed by atoms with Gasteiger partial charge in [-0.3, -0.25) is 4.90 Å². The first kappa shape index (κ1) is 20.8. The lowest BCUT2D eigenvalue weighted by atomic mass is 10.1. The first-order valence-corrected chi connectivity index (χ1v) is 9.09. The lowest BCUT2D eigenvalue weighted by molar-refractivity contribution is -0.0257. The molecule has 0 aromatic heterocycles. The summed E-state index contributed by atoms with van der Waals surface area (Å²) in [6.07, 6.45) is 1.13. The van der Waals surface area contributed by atoms with Crippen LogP contribution in [0.4, 0.5) is 14.5 Å². The highest BCUT2D eigenvalue weighted by atomic mass is 19.3. The summed E-state index contributed by atoms with van der Waals surface area (Å²) in [6, 6.07) is 4.77. The van der Waals surface area contributed by atoms with Gasteiger partial charge in [0.15, 0.2) is 0 Å². The largest absolute Gasteiger partial charge is 0.399 e. The van der Waals surface area contributed by atoms with Crippen molar-refractivity contribution < 1.29 is 8.78 Å². The smallest absolute Gasteiger partial charge is 0.275 e. The Morgan fingerprint density at radius 3 is 2.21 bits per heavy atom. The second kappa shape index (κ2) is 9.33. The molecule has 138 valence electrons. The van der Waals surface area contributed by atoms with Crippen molar-refractivity contribution >= 4 is 5.69 Å². The normalized spacial score (nSPS) is 22.7. The molecule has 2 N–H and O–H groups in total. The van der Waals surface area contributed by atoms with Gasteiger partial charge in [-0.2, -0.15) is 0 Å². The third kappa shape index (κ3) is 4.90. The van der Waals surface area contributed by atoms with Crippen LogP contribution in [0.2, 0.25) is 0 Å². The van der Waals surface area contributed by atoms with Crippen LogP contribution in [-0.4, -0.2) is 43.0 Å². The van der Waals surface area contributed by atoms with Crippen molar-refractivity contribution in [2.45, 2.75) is 52.5 Å². The predicted molar refractivity (Wildman–Crippen MR) is 98.5 cm³/mol. The molecule has 0 bridgehead atoms. The van der Waals surface area contributed by atoms with E-state index in [2.05, 4.69) is 30.7 Å². The quantitative estimate of drug-likeness (QED) is 0.764. The van der Waals surface area contributed by atoms with Gasteiger partial charge in [0.25, 0.3) is 5.92 Å². The molecule has 5 heteroatoms. The molecule has 1 atom stereocenters. The van der Waals surface area contributed by atoms with Gasteiger partial charge < -0.3 is 10.6 Å². The molecule has 0 saturated carbocycles. The summed E-state index contributed by atoms with van der Waals surface area (Å²) in [5.74, 6) is -2.75. The summed E-state index contributed by atoms with van der Waals surface area (Å²) >= 11 is 0. The minimum atomic E-state index is -2.75. The molecule has 1 fully saturated rings. The third-order valence-electron chi connectivity index (χ3n) is 4.26. The number of benzene rings is 1. The number of likely N-dealkylation sites (N-methyl/N-ethyl adjacent to an activating group) is 1. The number of nitrogens with two attached hydrogens (primary N) is 1. The lowest BCUT2D eigenvalue weighted by Gasteiger charge is -2.36. The second-order valence-electron chi connectivity index (χ2n) is 6.32. The molecule has 1 unspecified atom stereocenters. The van der Waals surface area contributed by atoms with Gasteiger partial charge in [0.2, 0.25) is 0 Å². The van der Waals surface area contributed by atoms with Gasteiger partial charge in [0.05, 0.1) is 0 Å². The first-order valence-electron chi connectivity index (χ1n) is 9.09. The van der Waals surface area contributed by atoms with Gasteiger partial charge in [-0.15, -0.1) is 0 Å². The Labute approximate surface area is 145 Å². The van der Waals surface area contributed by atoms with E-state index in [4.69, 9.17) is 5.73 Å². The number of hydrogen-bond acceptors (Lipinski definition) is 3. The van der Waals surface area contributed by atoms with Crippen molar-refractivity contribution in [1.29, 1.82) is 0 Å². The molecule has 0 radical (unpaired) electrons. The van der Waals surface area contributed by atoms with Crippen LogP contribution < -0.4 is 5.73 Å². The van der Waals surface area contributed by atoms with Crippen molar-refractivity contribution in [1.82, 2.24) is 9.80 Å². The number of halogens is 2. The zero-order valence-electron chi connectivity index (χ0n) is 15.8. The standard InChI is InChI=1S/C14H19F2N3.C3H8.C2H6/c1-18-4-6-19(7-5-18)13-9-14(15,16)12-8-10(17)2-3-11(12)13;1-3-2;1-2/h2-3,8,13H,4-7,9,17H2,1H3;3H2,1-2H3;1-2H3. The number of rotatable bonds is 1. The highest BCUT2D eigenvalue weighted by molar-refractivity contribution is 5.50. The number of piperazine rings is 1. The zero-order valence-corrected chi connectivity index (χ0v) is 15.8. The van der Waals surface area contributed by atoms with Crippen LogP contribution in [0, 0.1) is 0 Å². The fourth-order valence-electron chi connectivity index (χ4n) is 3.10. The lowest BCUT2D eigenvalue weighted by Crippen LogP contribution is -2.45. The molecule has 1 aromatic carbocycles. The van der Waals surface area contributed by atoms with Crippen LogP contribution in [0.3, 0.4) is 0 Å². The number of nitrogens with zero attached hydrogens (tertiary/aromatic N) is 2. The maximum absolute atomic E-state index is 14.1. The highest BCUT2D eigenvalue weighted by Gasteiger charge is 2.47. The van der Waals surface area contributed by atoms with Crippen LogP contribution in [-0.2, 0) is 5.92 Å². The SMILES string of the molecule is CC.CCC.CN1CCN(C2CC(F)(F)c3cc(N)ccc32)CC1. The summed E-state index contributed by atoms with van der Waals surface area (Å²) in [5.41, 5.74) is 6.93. The fraction of sp³-hybridized carbons (Fsp3) is 0.684. The zero-order chi connectivity index (χ0) is 18.3. The number of fused-ring (bicyclic) bond motifs is 1. The van der Waals surface area contributed by atoms with Crippen molar-refractivity contribution in [3.05, 3.63) is 29.3 Å². The monoisotopic (exact) mass is 341 g/mol. The summed E-state index contributed by atoms with van der Waals surface area (Å²) in [7, 11) is 2.06. The van der Waals surface area contributed by atoms with Gasteiger partial charge in [0, 0.05) is 49.9 Å². The van der Waals surface area contributed by atoms with E-state index < -0.39 is 5.92 Å². The van der Waals surface area contributed by atoms with E-state index in [1.807, 2.05) is 13.8 Å². The Kier molecular flexibility index (Phi) is 8.10. The van der Waals surface area contributed by atoms with Crippen LogP contribution in [0.25, 0.3) is 0 Å². The molecule has 2 aliphatic rings. The van der Waals surface area contributed by atoms with E-state index in [1.165, 1.54) is 12.5 Å². The maximum Gasteiger partial charge on any atom is 0.275 e. The Balaban J connectivity index is 0.000000521. The first-order chi connectivity index (χ1) is 11.4. The number of nitrogen functional groups attached to an aromatic ring is 1. The number of alkyl halides is 2. The summed E-state index contributed by atoms with van der Waals surface area (Å²) in [4.78, 5) is 4.41. The van der Waals surface area contributed by atoms with Crippen molar-refractivity contribution in [2.24, 2.45) is 0 Å². The topological polar surface area (TPSA) is 32.5 Å². The van der Waals surface area contributed by atoms with Crippen molar-refractivity contribution in [3.8, 4) is 0 Å². The Bertz CT molecular complexity index is 497. The summed E-state index contributed by atoms with van der Waals surface area (Å²) in [5, 5.41) is 0. The van der Waals surface area contributed by atoms with Gasteiger partial charge in [-0.25, -0.2) is 8.78 Å². The van der Waals surface area contributed by atoms with Crippen LogP contribution >= 0.6 is 0 Å². The average Bonchev–Trinajstić information content (AvgIpc) is 2.82. The summed E-state index contributed by atoms with van der Waals surface area (Å²) in [6.45, 7) is 11.8.